The minimum Gasteiger partial charge on any atom is -0.267 e. The topological polar surface area (TPSA) is 47.2 Å². The van der Waals surface area contributed by atoms with Crippen molar-refractivity contribution in [2.24, 2.45) is 5.10 Å². The number of benzene rings is 3. The molecule has 0 spiro atoms. The van der Waals surface area contributed by atoms with Crippen LogP contribution in [0.5, 0.6) is 0 Å². The van der Waals surface area contributed by atoms with Gasteiger partial charge in [0, 0.05) is 9.79 Å². The van der Waals surface area contributed by atoms with Crippen LogP contribution in [0.4, 0.5) is 0 Å². The highest BCUT2D eigenvalue weighted by Crippen LogP contribution is 2.27. The molecule has 0 aliphatic carbocycles. The van der Waals surface area contributed by atoms with Crippen LogP contribution in [0.2, 0.25) is 0 Å². The second kappa shape index (κ2) is 7.60. The SMILES string of the molecule is Cc1nc2ccccc2c(=O)n1/N=C/c1ccc(Sc2ccccc2)cc1. The van der Waals surface area contributed by atoms with Gasteiger partial charge in [0.2, 0.25) is 0 Å². The molecule has 4 rings (SSSR count). The standard InChI is InChI=1S/C22H17N3OS/c1-16-24-21-10-6-5-9-20(21)22(26)25(16)23-15-17-11-13-19(14-12-17)27-18-7-3-2-4-8-18/h2-15H,1H3/b23-15+. The molecule has 27 heavy (non-hydrogen) atoms. The van der Waals surface area contributed by atoms with Crippen LogP contribution in [0.1, 0.15) is 11.4 Å². The number of aromatic nitrogens is 2. The third-order valence-corrected chi connectivity index (χ3v) is 5.11. The Balaban J connectivity index is 1.58. The van der Waals surface area contributed by atoms with Gasteiger partial charge in [0.25, 0.3) is 5.56 Å². The van der Waals surface area contributed by atoms with Gasteiger partial charge in [-0.1, -0.05) is 54.2 Å². The van der Waals surface area contributed by atoms with Crippen molar-refractivity contribution < 1.29 is 0 Å². The molecule has 4 aromatic rings. The lowest BCUT2D eigenvalue weighted by atomic mass is 10.2. The summed E-state index contributed by atoms with van der Waals surface area (Å²) < 4.78 is 1.34. The molecule has 1 aromatic heterocycles. The minimum absolute atomic E-state index is 0.161. The Kier molecular flexibility index (Phi) is 4.85. The Morgan fingerprint density at radius 1 is 0.889 bits per heavy atom. The molecular formula is C22H17N3OS. The first-order valence-electron chi connectivity index (χ1n) is 8.56. The Labute approximate surface area is 161 Å². The summed E-state index contributed by atoms with van der Waals surface area (Å²) >= 11 is 1.71. The van der Waals surface area contributed by atoms with Crippen LogP contribution in [-0.2, 0) is 0 Å². The molecule has 132 valence electrons. The summed E-state index contributed by atoms with van der Waals surface area (Å²) in [6.07, 6.45) is 1.68. The molecule has 0 bridgehead atoms. The predicted octanol–water partition coefficient (Wildman–Crippen LogP) is 4.74. The third-order valence-electron chi connectivity index (χ3n) is 4.10. The molecular weight excluding hydrogens is 354 g/mol. The first-order chi connectivity index (χ1) is 13.2. The highest BCUT2D eigenvalue weighted by Gasteiger charge is 2.06. The summed E-state index contributed by atoms with van der Waals surface area (Å²) in [5.41, 5.74) is 1.45. The molecule has 0 aliphatic heterocycles. The van der Waals surface area contributed by atoms with E-state index < -0.39 is 0 Å². The summed E-state index contributed by atoms with van der Waals surface area (Å²) in [6, 6.07) is 25.6. The molecule has 0 amide bonds. The van der Waals surface area contributed by atoms with Crippen molar-refractivity contribution in [3.8, 4) is 0 Å². The summed E-state index contributed by atoms with van der Waals surface area (Å²) in [4.78, 5) is 19.4. The number of fused-ring (bicyclic) bond motifs is 1. The molecule has 0 fully saturated rings. The normalized spacial score (nSPS) is 11.3. The Bertz CT molecular complexity index is 1170. The fourth-order valence-corrected chi connectivity index (χ4v) is 3.58. The maximum Gasteiger partial charge on any atom is 0.282 e. The molecule has 1 heterocycles. The summed E-state index contributed by atoms with van der Waals surface area (Å²) in [7, 11) is 0. The van der Waals surface area contributed by atoms with Crippen molar-refractivity contribution in [3.05, 3.63) is 101 Å². The smallest absolute Gasteiger partial charge is 0.267 e. The molecule has 0 unspecified atom stereocenters. The largest absolute Gasteiger partial charge is 0.282 e. The maximum absolute atomic E-state index is 12.6. The average Bonchev–Trinajstić information content (AvgIpc) is 2.70. The first kappa shape index (κ1) is 17.2. The van der Waals surface area contributed by atoms with Crippen molar-refractivity contribution in [1.29, 1.82) is 0 Å². The van der Waals surface area contributed by atoms with E-state index >= 15 is 0 Å². The highest BCUT2D eigenvalue weighted by atomic mass is 32.2. The van der Waals surface area contributed by atoms with E-state index in [1.165, 1.54) is 9.57 Å². The second-order valence-electron chi connectivity index (χ2n) is 6.02. The third kappa shape index (κ3) is 3.83. The molecule has 0 radical (unpaired) electrons. The maximum atomic E-state index is 12.6. The fraction of sp³-hybridized carbons (Fsp3) is 0.0455. The molecule has 0 aliphatic rings. The van der Waals surface area contributed by atoms with Crippen molar-refractivity contribution >= 4 is 28.9 Å². The van der Waals surface area contributed by atoms with Crippen molar-refractivity contribution in [2.75, 3.05) is 0 Å². The Hall–Kier alpha value is -3.18. The number of para-hydroxylation sites is 1. The van der Waals surface area contributed by atoms with Gasteiger partial charge in [-0.2, -0.15) is 9.78 Å². The van der Waals surface area contributed by atoms with E-state index in [0.29, 0.717) is 16.7 Å². The van der Waals surface area contributed by atoms with Crippen molar-refractivity contribution in [2.45, 2.75) is 16.7 Å². The van der Waals surface area contributed by atoms with E-state index in [1.54, 1.807) is 31.0 Å². The van der Waals surface area contributed by atoms with Crippen molar-refractivity contribution in [3.63, 3.8) is 0 Å². The van der Waals surface area contributed by atoms with Gasteiger partial charge in [0.15, 0.2) is 0 Å². The zero-order valence-electron chi connectivity index (χ0n) is 14.7. The minimum atomic E-state index is -0.161. The van der Waals surface area contributed by atoms with Gasteiger partial charge < -0.3 is 0 Å². The van der Waals surface area contributed by atoms with Gasteiger partial charge in [-0.3, -0.25) is 4.79 Å². The monoisotopic (exact) mass is 371 g/mol. The number of hydrogen-bond donors (Lipinski definition) is 0. The Morgan fingerprint density at radius 2 is 1.56 bits per heavy atom. The average molecular weight is 371 g/mol. The quantitative estimate of drug-likeness (QED) is 0.487. The van der Waals surface area contributed by atoms with Gasteiger partial charge in [0.05, 0.1) is 17.1 Å². The Morgan fingerprint density at radius 3 is 2.33 bits per heavy atom. The van der Waals surface area contributed by atoms with E-state index in [9.17, 15) is 4.79 Å². The molecule has 3 aromatic carbocycles. The lowest BCUT2D eigenvalue weighted by Crippen LogP contribution is -2.20. The number of rotatable bonds is 4. The lowest BCUT2D eigenvalue weighted by molar-refractivity contribution is 0.771. The zero-order chi connectivity index (χ0) is 18.6. The molecule has 0 saturated carbocycles. The number of hydrogen-bond acceptors (Lipinski definition) is 4. The van der Waals surface area contributed by atoms with Crippen LogP contribution < -0.4 is 5.56 Å². The molecule has 0 N–H and O–H groups in total. The summed E-state index contributed by atoms with van der Waals surface area (Å²) in [5.74, 6) is 0.561. The van der Waals surface area contributed by atoms with Gasteiger partial charge in [0.1, 0.15) is 5.82 Å². The zero-order valence-corrected chi connectivity index (χ0v) is 15.6. The van der Waals surface area contributed by atoms with Crippen molar-refractivity contribution in [1.82, 2.24) is 9.66 Å². The van der Waals surface area contributed by atoms with Crippen LogP contribution in [0.3, 0.4) is 0 Å². The van der Waals surface area contributed by atoms with E-state index in [0.717, 1.165) is 10.5 Å². The first-order valence-corrected chi connectivity index (χ1v) is 9.38. The second-order valence-corrected chi connectivity index (χ2v) is 7.17. The van der Waals surface area contributed by atoms with Crippen LogP contribution in [0.25, 0.3) is 10.9 Å². The van der Waals surface area contributed by atoms with E-state index in [-0.39, 0.29) is 5.56 Å². The molecule has 5 heteroatoms. The number of aryl methyl sites for hydroxylation is 1. The van der Waals surface area contributed by atoms with Gasteiger partial charge >= 0.3 is 0 Å². The highest BCUT2D eigenvalue weighted by molar-refractivity contribution is 7.99. The summed E-state index contributed by atoms with van der Waals surface area (Å²) in [6.45, 7) is 1.78. The molecule has 0 saturated heterocycles. The van der Waals surface area contributed by atoms with Crippen LogP contribution in [-0.4, -0.2) is 15.9 Å². The van der Waals surface area contributed by atoms with Gasteiger partial charge in [-0.25, -0.2) is 4.98 Å². The predicted molar refractivity (Wildman–Crippen MR) is 111 cm³/mol. The molecule has 0 atom stereocenters. The van der Waals surface area contributed by atoms with Gasteiger partial charge in [-0.05, 0) is 48.9 Å². The van der Waals surface area contributed by atoms with E-state index in [2.05, 4.69) is 22.2 Å². The van der Waals surface area contributed by atoms with E-state index in [1.807, 2.05) is 60.7 Å². The number of nitrogens with zero attached hydrogens (tertiary/aromatic N) is 3. The molecule has 4 nitrogen and oxygen atoms in total. The fourth-order valence-electron chi connectivity index (χ4n) is 2.74. The summed E-state index contributed by atoms with van der Waals surface area (Å²) in [5, 5.41) is 4.91. The van der Waals surface area contributed by atoms with Crippen LogP contribution in [0, 0.1) is 6.92 Å². The van der Waals surface area contributed by atoms with Gasteiger partial charge in [-0.15, -0.1) is 0 Å². The van der Waals surface area contributed by atoms with Crippen LogP contribution in [0.15, 0.2) is 98.5 Å². The van der Waals surface area contributed by atoms with Crippen LogP contribution >= 0.6 is 11.8 Å². The lowest BCUT2D eigenvalue weighted by Gasteiger charge is -2.05. The van der Waals surface area contributed by atoms with E-state index in [4.69, 9.17) is 0 Å².